The second kappa shape index (κ2) is 10.6. The van der Waals surface area contributed by atoms with Crippen molar-refractivity contribution in [3.8, 4) is 0 Å². The number of hydrogen-bond donors (Lipinski definition) is 1. The second-order valence-corrected chi connectivity index (χ2v) is 8.89. The number of piperidine rings is 1. The highest BCUT2D eigenvalue weighted by Crippen LogP contribution is 2.29. The summed E-state index contributed by atoms with van der Waals surface area (Å²) < 4.78 is 5.85. The number of carbonyl (C=O) groups excluding carboxylic acids is 2. The van der Waals surface area contributed by atoms with E-state index in [0.717, 1.165) is 29.3 Å². The van der Waals surface area contributed by atoms with Crippen LogP contribution in [0.3, 0.4) is 0 Å². The lowest BCUT2D eigenvalue weighted by Crippen LogP contribution is -2.49. The minimum atomic E-state index is -0.463. The maximum Gasteiger partial charge on any atom is 0.328 e. The maximum absolute atomic E-state index is 12.7. The Morgan fingerprint density at radius 2 is 2.03 bits per heavy atom. The molecule has 0 aliphatic carbocycles. The molecule has 156 valence electrons. The summed E-state index contributed by atoms with van der Waals surface area (Å²) in [5.41, 5.74) is 2.23. The standard InChI is InChI=1S/C20H26N4O3S2/c1-3-14-8-10-15(11-9-14)21-19-22-23-20(29-19)28-13-17(25)24-12-6-5-7-16(24)18(26)27-4-2/h8-11,16H,3-7,12-13H2,1-2H3,(H,21,22)/t16-/m1/s1. The van der Waals surface area contributed by atoms with Crippen molar-refractivity contribution in [2.75, 3.05) is 24.2 Å². The fourth-order valence-corrected chi connectivity index (χ4v) is 4.84. The molecular formula is C20H26N4O3S2. The molecule has 1 aliphatic rings. The number of benzene rings is 1. The van der Waals surface area contributed by atoms with Crippen molar-refractivity contribution < 1.29 is 14.3 Å². The van der Waals surface area contributed by atoms with E-state index in [0.29, 0.717) is 24.7 Å². The van der Waals surface area contributed by atoms with Crippen LogP contribution in [-0.4, -0.2) is 51.9 Å². The summed E-state index contributed by atoms with van der Waals surface area (Å²) in [7, 11) is 0. The van der Waals surface area contributed by atoms with E-state index in [9.17, 15) is 9.59 Å². The van der Waals surface area contributed by atoms with Gasteiger partial charge in [-0.2, -0.15) is 0 Å². The van der Waals surface area contributed by atoms with E-state index in [4.69, 9.17) is 4.74 Å². The van der Waals surface area contributed by atoms with Crippen LogP contribution in [-0.2, 0) is 20.7 Å². The molecule has 2 aromatic rings. The van der Waals surface area contributed by atoms with Gasteiger partial charge in [0.1, 0.15) is 6.04 Å². The molecule has 0 bridgehead atoms. The van der Waals surface area contributed by atoms with Gasteiger partial charge in [-0.3, -0.25) is 4.79 Å². The lowest BCUT2D eigenvalue weighted by atomic mass is 10.0. The zero-order valence-corrected chi connectivity index (χ0v) is 18.4. The largest absolute Gasteiger partial charge is 0.464 e. The summed E-state index contributed by atoms with van der Waals surface area (Å²) in [5, 5.41) is 12.2. The van der Waals surface area contributed by atoms with Crippen LogP contribution >= 0.6 is 23.1 Å². The molecule has 1 N–H and O–H groups in total. The number of ether oxygens (including phenoxy) is 1. The number of anilines is 2. The summed E-state index contributed by atoms with van der Waals surface area (Å²) in [6, 6.07) is 7.73. The van der Waals surface area contributed by atoms with Gasteiger partial charge in [-0.25, -0.2) is 4.79 Å². The third kappa shape index (κ3) is 5.93. The Hall–Kier alpha value is -2.13. The first-order valence-corrected chi connectivity index (χ1v) is 11.7. The quantitative estimate of drug-likeness (QED) is 0.498. The van der Waals surface area contributed by atoms with Gasteiger partial charge in [0.15, 0.2) is 4.34 Å². The number of likely N-dealkylation sites (tertiary alicyclic amines) is 1. The second-order valence-electron chi connectivity index (χ2n) is 6.69. The minimum Gasteiger partial charge on any atom is -0.464 e. The van der Waals surface area contributed by atoms with Gasteiger partial charge in [0.05, 0.1) is 12.4 Å². The zero-order chi connectivity index (χ0) is 20.6. The van der Waals surface area contributed by atoms with E-state index >= 15 is 0 Å². The Labute approximate surface area is 179 Å². The van der Waals surface area contributed by atoms with E-state index in [-0.39, 0.29) is 17.6 Å². The number of aromatic nitrogens is 2. The van der Waals surface area contributed by atoms with Gasteiger partial charge in [-0.15, -0.1) is 10.2 Å². The van der Waals surface area contributed by atoms with E-state index in [1.54, 1.807) is 11.8 Å². The first kappa shape index (κ1) is 21.6. The van der Waals surface area contributed by atoms with Crippen LogP contribution in [0.25, 0.3) is 0 Å². The smallest absolute Gasteiger partial charge is 0.328 e. The number of carbonyl (C=O) groups is 2. The Morgan fingerprint density at radius 1 is 1.24 bits per heavy atom. The SMILES string of the molecule is CCOC(=O)[C@H]1CCCCN1C(=O)CSc1nnc(Nc2ccc(CC)cc2)s1. The van der Waals surface area contributed by atoms with Gasteiger partial charge < -0.3 is 15.0 Å². The first-order valence-electron chi connectivity index (χ1n) is 9.89. The summed E-state index contributed by atoms with van der Waals surface area (Å²) in [4.78, 5) is 26.5. The molecule has 1 fully saturated rings. The molecule has 1 aromatic carbocycles. The average Bonchev–Trinajstić information content (AvgIpc) is 3.20. The topological polar surface area (TPSA) is 84.4 Å². The monoisotopic (exact) mass is 434 g/mol. The highest BCUT2D eigenvalue weighted by atomic mass is 32.2. The number of aryl methyl sites for hydroxylation is 1. The summed E-state index contributed by atoms with van der Waals surface area (Å²) in [6.45, 7) is 4.83. The fraction of sp³-hybridized carbons (Fsp3) is 0.500. The number of rotatable bonds is 8. The van der Waals surface area contributed by atoms with Crippen LogP contribution in [0.4, 0.5) is 10.8 Å². The van der Waals surface area contributed by atoms with E-state index in [1.807, 2.05) is 12.1 Å². The van der Waals surface area contributed by atoms with Crippen molar-refractivity contribution in [3.05, 3.63) is 29.8 Å². The van der Waals surface area contributed by atoms with Crippen molar-refractivity contribution in [1.29, 1.82) is 0 Å². The Morgan fingerprint density at radius 3 is 2.76 bits per heavy atom. The molecule has 7 nitrogen and oxygen atoms in total. The van der Waals surface area contributed by atoms with Crippen LogP contribution in [0.15, 0.2) is 28.6 Å². The molecule has 9 heteroatoms. The molecule has 0 radical (unpaired) electrons. The number of nitrogens with zero attached hydrogens (tertiary/aromatic N) is 3. The van der Waals surface area contributed by atoms with Gasteiger partial charge in [0.2, 0.25) is 11.0 Å². The van der Waals surface area contributed by atoms with Crippen molar-refractivity contribution in [2.45, 2.75) is 49.9 Å². The highest BCUT2D eigenvalue weighted by molar-refractivity contribution is 8.01. The van der Waals surface area contributed by atoms with Crippen molar-refractivity contribution >= 4 is 45.8 Å². The number of esters is 1. The lowest BCUT2D eigenvalue weighted by molar-refractivity contribution is -0.155. The molecule has 2 heterocycles. The molecule has 0 saturated carbocycles. The molecule has 0 spiro atoms. The van der Waals surface area contributed by atoms with E-state index < -0.39 is 6.04 Å². The van der Waals surface area contributed by atoms with Crippen LogP contribution in [0.5, 0.6) is 0 Å². The van der Waals surface area contributed by atoms with Gasteiger partial charge in [0, 0.05) is 12.2 Å². The molecule has 1 atom stereocenters. The average molecular weight is 435 g/mol. The molecule has 3 rings (SSSR count). The van der Waals surface area contributed by atoms with Crippen LogP contribution in [0.1, 0.15) is 38.7 Å². The van der Waals surface area contributed by atoms with Crippen molar-refractivity contribution in [1.82, 2.24) is 15.1 Å². The Bertz CT molecular complexity index is 825. The highest BCUT2D eigenvalue weighted by Gasteiger charge is 2.33. The summed E-state index contributed by atoms with van der Waals surface area (Å²) in [5.74, 6) is -0.134. The van der Waals surface area contributed by atoms with Gasteiger partial charge >= 0.3 is 5.97 Å². The minimum absolute atomic E-state index is 0.0624. The van der Waals surface area contributed by atoms with Crippen LogP contribution < -0.4 is 5.32 Å². The van der Waals surface area contributed by atoms with Gasteiger partial charge in [-0.1, -0.05) is 42.2 Å². The molecular weight excluding hydrogens is 408 g/mol. The molecule has 29 heavy (non-hydrogen) atoms. The molecule has 1 aliphatic heterocycles. The third-order valence-corrected chi connectivity index (χ3v) is 6.68. The predicted molar refractivity (Wildman–Crippen MR) is 116 cm³/mol. The zero-order valence-electron chi connectivity index (χ0n) is 16.7. The van der Waals surface area contributed by atoms with Crippen LogP contribution in [0.2, 0.25) is 0 Å². The lowest BCUT2D eigenvalue weighted by Gasteiger charge is -2.33. The summed E-state index contributed by atoms with van der Waals surface area (Å²) >= 11 is 2.76. The number of hydrogen-bond acceptors (Lipinski definition) is 8. The normalized spacial score (nSPS) is 16.5. The Balaban J connectivity index is 1.54. The Kier molecular flexibility index (Phi) is 7.88. The molecule has 0 unspecified atom stereocenters. The van der Waals surface area contributed by atoms with Crippen LogP contribution in [0, 0.1) is 0 Å². The van der Waals surface area contributed by atoms with Gasteiger partial charge in [0.25, 0.3) is 0 Å². The molecule has 1 amide bonds. The molecule has 1 saturated heterocycles. The third-order valence-electron chi connectivity index (χ3n) is 4.72. The maximum atomic E-state index is 12.7. The number of nitrogens with one attached hydrogen (secondary N) is 1. The number of amides is 1. The van der Waals surface area contributed by atoms with E-state index in [1.165, 1.54) is 28.7 Å². The predicted octanol–water partition coefficient (Wildman–Crippen LogP) is 3.88. The molecule has 1 aromatic heterocycles. The summed E-state index contributed by atoms with van der Waals surface area (Å²) in [6.07, 6.45) is 3.52. The number of thioether (sulfide) groups is 1. The van der Waals surface area contributed by atoms with Crippen molar-refractivity contribution in [3.63, 3.8) is 0 Å². The van der Waals surface area contributed by atoms with Gasteiger partial charge in [-0.05, 0) is 50.3 Å². The first-order chi connectivity index (χ1) is 14.1. The van der Waals surface area contributed by atoms with E-state index in [2.05, 4.69) is 34.6 Å². The fourth-order valence-electron chi connectivity index (χ4n) is 3.19. The van der Waals surface area contributed by atoms with Crippen molar-refractivity contribution in [2.24, 2.45) is 0 Å².